The van der Waals surface area contributed by atoms with Gasteiger partial charge in [-0.3, -0.25) is 0 Å². The third kappa shape index (κ3) is 1.64. The van der Waals surface area contributed by atoms with Crippen LogP contribution in [0.4, 0.5) is 4.39 Å². The molecule has 76 valence electrons. The molecular weight excluding hydrogens is 249 g/mol. The molecule has 0 saturated heterocycles. The van der Waals surface area contributed by atoms with E-state index in [0.29, 0.717) is 17.6 Å². The first-order valence-corrected chi connectivity index (χ1v) is 5.33. The van der Waals surface area contributed by atoms with Crippen LogP contribution in [-0.4, -0.2) is 13.2 Å². The highest BCUT2D eigenvalue weighted by Crippen LogP contribution is 2.39. The van der Waals surface area contributed by atoms with Crippen LogP contribution in [0.5, 0.6) is 5.75 Å². The van der Waals surface area contributed by atoms with Gasteiger partial charge in [0.1, 0.15) is 11.6 Å². The fraction of sp³-hybridized carbons (Fsp3) is 0.400. The number of halogens is 2. The van der Waals surface area contributed by atoms with E-state index in [1.54, 1.807) is 0 Å². The second kappa shape index (κ2) is 3.87. The Morgan fingerprint density at radius 2 is 2.36 bits per heavy atom. The summed E-state index contributed by atoms with van der Waals surface area (Å²) in [6.07, 6.45) is 0.861. The first kappa shape index (κ1) is 9.93. The number of nitrogens with two attached hydrogens (primary N) is 1. The van der Waals surface area contributed by atoms with Crippen molar-refractivity contribution in [2.75, 3.05) is 13.2 Å². The molecule has 0 aliphatic carbocycles. The quantitative estimate of drug-likeness (QED) is 0.841. The van der Waals surface area contributed by atoms with Gasteiger partial charge in [0, 0.05) is 11.5 Å². The zero-order valence-electron chi connectivity index (χ0n) is 7.59. The molecule has 0 radical (unpaired) electrons. The highest BCUT2D eigenvalue weighted by molar-refractivity contribution is 9.10. The van der Waals surface area contributed by atoms with Crippen LogP contribution in [0.1, 0.15) is 17.9 Å². The van der Waals surface area contributed by atoms with E-state index in [1.165, 1.54) is 12.1 Å². The van der Waals surface area contributed by atoms with Crippen LogP contribution in [0.15, 0.2) is 16.6 Å². The van der Waals surface area contributed by atoms with Gasteiger partial charge in [-0.1, -0.05) is 0 Å². The Bertz CT molecular complexity index is 356. The molecule has 2 N–H and O–H groups in total. The van der Waals surface area contributed by atoms with Crippen molar-refractivity contribution in [1.29, 1.82) is 0 Å². The summed E-state index contributed by atoms with van der Waals surface area (Å²) in [6, 6.07) is 2.93. The van der Waals surface area contributed by atoms with E-state index in [9.17, 15) is 4.39 Å². The van der Waals surface area contributed by atoms with Gasteiger partial charge in [-0.2, -0.15) is 0 Å². The summed E-state index contributed by atoms with van der Waals surface area (Å²) < 4.78 is 19.3. The summed E-state index contributed by atoms with van der Waals surface area (Å²) in [6.45, 7) is 1.19. The lowest BCUT2D eigenvalue weighted by Crippen LogP contribution is -2.21. The molecule has 0 spiro atoms. The van der Waals surface area contributed by atoms with Gasteiger partial charge < -0.3 is 10.5 Å². The zero-order valence-corrected chi connectivity index (χ0v) is 9.18. The minimum atomic E-state index is -0.250. The normalized spacial score (nSPS) is 20.1. The Balaban J connectivity index is 2.51. The molecule has 4 heteroatoms. The van der Waals surface area contributed by atoms with Gasteiger partial charge >= 0.3 is 0 Å². The maximum atomic E-state index is 13.1. The number of hydrogen-bond donors (Lipinski definition) is 1. The number of fused-ring (bicyclic) bond motifs is 1. The summed E-state index contributed by atoms with van der Waals surface area (Å²) in [4.78, 5) is 0. The van der Waals surface area contributed by atoms with Crippen LogP contribution in [0.2, 0.25) is 0 Å². The molecule has 14 heavy (non-hydrogen) atoms. The Labute approximate surface area is 90.4 Å². The van der Waals surface area contributed by atoms with Crippen molar-refractivity contribution in [3.63, 3.8) is 0 Å². The third-order valence-electron chi connectivity index (χ3n) is 2.47. The minimum absolute atomic E-state index is 0.214. The molecule has 1 aliphatic rings. The summed E-state index contributed by atoms with van der Waals surface area (Å²) in [5.41, 5.74) is 6.51. The van der Waals surface area contributed by atoms with Crippen molar-refractivity contribution in [3.05, 3.63) is 28.0 Å². The van der Waals surface area contributed by atoms with E-state index in [0.717, 1.165) is 17.7 Å². The Hall–Kier alpha value is -0.610. The molecule has 1 heterocycles. The van der Waals surface area contributed by atoms with Crippen LogP contribution in [-0.2, 0) is 0 Å². The Morgan fingerprint density at radius 1 is 1.57 bits per heavy atom. The molecule has 0 fully saturated rings. The summed E-state index contributed by atoms with van der Waals surface area (Å²) >= 11 is 3.28. The zero-order chi connectivity index (χ0) is 10.1. The molecular formula is C10H11BrFNO. The SMILES string of the molecule is NCC1CCOc2c(Br)cc(F)cc21. The molecule has 1 unspecified atom stereocenters. The van der Waals surface area contributed by atoms with Crippen molar-refractivity contribution >= 4 is 15.9 Å². The molecule has 0 aromatic heterocycles. The number of hydrogen-bond acceptors (Lipinski definition) is 2. The van der Waals surface area contributed by atoms with Crippen LogP contribution in [0.25, 0.3) is 0 Å². The predicted octanol–water partition coefficient (Wildman–Crippen LogP) is 2.41. The van der Waals surface area contributed by atoms with Gasteiger partial charge in [0.25, 0.3) is 0 Å². The van der Waals surface area contributed by atoms with Crippen molar-refractivity contribution in [1.82, 2.24) is 0 Å². The predicted molar refractivity (Wildman–Crippen MR) is 56.0 cm³/mol. The molecule has 1 aromatic carbocycles. The number of benzene rings is 1. The summed E-state index contributed by atoms with van der Waals surface area (Å²) in [5, 5.41) is 0. The first-order valence-electron chi connectivity index (χ1n) is 4.54. The maximum Gasteiger partial charge on any atom is 0.137 e. The number of rotatable bonds is 1. The average Bonchev–Trinajstić information content (AvgIpc) is 2.17. The first-order chi connectivity index (χ1) is 6.72. The molecule has 0 saturated carbocycles. The lowest BCUT2D eigenvalue weighted by Gasteiger charge is -2.25. The second-order valence-corrected chi connectivity index (χ2v) is 4.23. The van der Waals surface area contributed by atoms with Gasteiger partial charge in [-0.15, -0.1) is 0 Å². The summed E-state index contributed by atoms with van der Waals surface area (Å²) in [7, 11) is 0. The van der Waals surface area contributed by atoms with Gasteiger partial charge in [-0.05, 0) is 41.0 Å². The maximum absolute atomic E-state index is 13.1. The van der Waals surface area contributed by atoms with Crippen LogP contribution >= 0.6 is 15.9 Å². The number of ether oxygens (including phenoxy) is 1. The van der Waals surface area contributed by atoms with E-state index in [4.69, 9.17) is 10.5 Å². The highest BCUT2D eigenvalue weighted by atomic mass is 79.9. The molecule has 2 rings (SSSR count). The van der Waals surface area contributed by atoms with Crippen molar-refractivity contribution < 1.29 is 9.13 Å². The van der Waals surface area contributed by atoms with Gasteiger partial charge in [0.05, 0.1) is 11.1 Å². The van der Waals surface area contributed by atoms with Crippen molar-refractivity contribution in [2.45, 2.75) is 12.3 Å². The standard InChI is InChI=1S/C10H11BrFNO/c11-9-4-7(12)3-8-6(5-13)1-2-14-10(8)9/h3-4,6H,1-2,5,13H2. The van der Waals surface area contributed by atoms with Gasteiger partial charge in [-0.25, -0.2) is 4.39 Å². The molecule has 1 aromatic rings. The molecule has 1 atom stereocenters. The van der Waals surface area contributed by atoms with Crippen LogP contribution in [0, 0.1) is 5.82 Å². The van der Waals surface area contributed by atoms with Crippen LogP contribution < -0.4 is 10.5 Å². The Morgan fingerprint density at radius 3 is 3.07 bits per heavy atom. The van der Waals surface area contributed by atoms with Crippen LogP contribution in [0.3, 0.4) is 0 Å². The highest BCUT2D eigenvalue weighted by Gasteiger charge is 2.23. The molecule has 0 amide bonds. The minimum Gasteiger partial charge on any atom is -0.492 e. The lowest BCUT2D eigenvalue weighted by molar-refractivity contribution is 0.266. The summed E-state index contributed by atoms with van der Waals surface area (Å²) in [5.74, 6) is 0.707. The molecule has 2 nitrogen and oxygen atoms in total. The second-order valence-electron chi connectivity index (χ2n) is 3.38. The van der Waals surface area contributed by atoms with Gasteiger partial charge in [0.15, 0.2) is 0 Å². The van der Waals surface area contributed by atoms with E-state index in [1.807, 2.05) is 0 Å². The largest absolute Gasteiger partial charge is 0.492 e. The molecule has 0 bridgehead atoms. The van der Waals surface area contributed by atoms with E-state index in [2.05, 4.69) is 15.9 Å². The topological polar surface area (TPSA) is 35.2 Å². The Kier molecular flexibility index (Phi) is 2.74. The van der Waals surface area contributed by atoms with E-state index >= 15 is 0 Å². The smallest absolute Gasteiger partial charge is 0.137 e. The fourth-order valence-corrected chi connectivity index (χ4v) is 2.30. The fourth-order valence-electron chi connectivity index (χ4n) is 1.74. The van der Waals surface area contributed by atoms with Gasteiger partial charge in [0.2, 0.25) is 0 Å². The van der Waals surface area contributed by atoms with Crippen molar-refractivity contribution in [3.8, 4) is 5.75 Å². The van der Waals surface area contributed by atoms with E-state index in [-0.39, 0.29) is 11.7 Å². The van der Waals surface area contributed by atoms with E-state index < -0.39 is 0 Å². The molecule has 1 aliphatic heterocycles. The third-order valence-corrected chi connectivity index (χ3v) is 3.06. The average molecular weight is 260 g/mol. The monoisotopic (exact) mass is 259 g/mol. The van der Waals surface area contributed by atoms with Crippen molar-refractivity contribution in [2.24, 2.45) is 5.73 Å². The lowest BCUT2D eigenvalue weighted by atomic mass is 9.93.